The Labute approximate surface area is 116 Å². The average molecular weight is 266 g/mol. The van der Waals surface area contributed by atoms with E-state index in [9.17, 15) is 4.79 Å². The molecule has 0 aliphatic heterocycles. The monoisotopic (exact) mass is 266 g/mol. The molecule has 94 valence electrons. The first-order valence-electron chi connectivity index (χ1n) is 6.37. The molecule has 0 aliphatic carbocycles. The molecule has 0 saturated heterocycles. The molecule has 0 radical (unpaired) electrons. The summed E-state index contributed by atoms with van der Waals surface area (Å²) in [5, 5.41) is 1.32. The van der Waals surface area contributed by atoms with Gasteiger partial charge in [-0.15, -0.1) is 11.3 Å². The number of rotatable bonds is 4. The minimum atomic E-state index is 0.758. The van der Waals surface area contributed by atoms with Crippen molar-refractivity contribution in [3.8, 4) is 0 Å². The van der Waals surface area contributed by atoms with Crippen molar-refractivity contribution in [2.75, 3.05) is 0 Å². The van der Waals surface area contributed by atoms with E-state index in [0.717, 1.165) is 24.7 Å². The molecule has 0 saturated carbocycles. The van der Waals surface area contributed by atoms with Crippen molar-refractivity contribution in [2.24, 2.45) is 0 Å². The van der Waals surface area contributed by atoms with Crippen LogP contribution in [0.5, 0.6) is 0 Å². The van der Waals surface area contributed by atoms with E-state index in [4.69, 9.17) is 0 Å². The van der Waals surface area contributed by atoms with E-state index >= 15 is 0 Å². The standard InChI is InChI=1S/C17H14OS/c18-12-14-5-3-4-13(10-14)8-9-16-11-15-6-1-2-7-17(15)19-16/h1-7,10-12H,8-9H2. The molecule has 0 aliphatic rings. The van der Waals surface area contributed by atoms with Crippen LogP contribution in [0.2, 0.25) is 0 Å². The second-order valence-electron chi connectivity index (χ2n) is 4.61. The topological polar surface area (TPSA) is 17.1 Å². The lowest BCUT2D eigenvalue weighted by molar-refractivity contribution is 0.112. The molecule has 2 aromatic carbocycles. The molecule has 0 unspecified atom stereocenters. The van der Waals surface area contributed by atoms with E-state index in [1.54, 1.807) is 0 Å². The zero-order valence-electron chi connectivity index (χ0n) is 10.5. The van der Waals surface area contributed by atoms with Crippen LogP contribution < -0.4 is 0 Å². The molecule has 3 rings (SSSR count). The van der Waals surface area contributed by atoms with Gasteiger partial charge in [0, 0.05) is 15.1 Å². The highest BCUT2D eigenvalue weighted by Gasteiger charge is 2.02. The van der Waals surface area contributed by atoms with Crippen molar-refractivity contribution in [1.29, 1.82) is 0 Å². The Morgan fingerprint density at radius 3 is 2.68 bits per heavy atom. The maximum atomic E-state index is 10.8. The smallest absolute Gasteiger partial charge is 0.150 e. The summed E-state index contributed by atoms with van der Waals surface area (Å²) in [5.41, 5.74) is 1.98. The molecule has 1 heterocycles. The van der Waals surface area contributed by atoms with Crippen LogP contribution in [-0.2, 0) is 12.8 Å². The van der Waals surface area contributed by atoms with Crippen molar-refractivity contribution in [2.45, 2.75) is 12.8 Å². The lowest BCUT2D eigenvalue weighted by Crippen LogP contribution is -1.90. The Morgan fingerprint density at radius 1 is 0.947 bits per heavy atom. The summed E-state index contributed by atoms with van der Waals surface area (Å²) >= 11 is 1.86. The summed E-state index contributed by atoms with van der Waals surface area (Å²) in [7, 11) is 0. The fourth-order valence-electron chi connectivity index (χ4n) is 2.25. The number of thiophene rings is 1. The van der Waals surface area contributed by atoms with Crippen LogP contribution in [0, 0.1) is 0 Å². The molecule has 1 nitrogen and oxygen atoms in total. The first kappa shape index (κ1) is 12.1. The Balaban J connectivity index is 1.76. The van der Waals surface area contributed by atoms with Crippen LogP contribution in [0.3, 0.4) is 0 Å². The van der Waals surface area contributed by atoms with E-state index in [1.807, 2.05) is 29.5 Å². The third kappa shape index (κ3) is 2.74. The summed E-state index contributed by atoms with van der Waals surface area (Å²) in [6, 6.07) is 18.6. The molecule has 2 heteroatoms. The van der Waals surface area contributed by atoms with Gasteiger partial charge in [-0.25, -0.2) is 0 Å². The molecule has 0 N–H and O–H groups in total. The SMILES string of the molecule is O=Cc1cccc(CCc2cc3ccccc3s2)c1. The minimum Gasteiger partial charge on any atom is -0.298 e. The highest BCUT2D eigenvalue weighted by Crippen LogP contribution is 2.26. The number of aryl methyl sites for hydroxylation is 2. The predicted octanol–water partition coefficient (Wildman–Crippen LogP) is 4.50. The van der Waals surface area contributed by atoms with Crippen molar-refractivity contribution >= 4 is 27.7 Å². The molecule has 1 aromatic heterocycles. The number of aldehydes is 1. The lowest BCUT2D eigenvalue weighted by atomic mass is 10.1. The number of benzene rings is 2. The molecule has 0 bridgehead atoms. The highest BCUT2D eigenvalue weighted by molar-refractivity contribution is 7.19. The van der Waals surface area contributed by atoms with Gasteiger partial charge < -0.3 is 0 Å². The van der Waals surface area contributed by atoms with Crippen LogP contribution in [0.25, 0.3) is 10.1 Å². The minimum absolute atomic E-state index is 0.758. The average Bonchev–Trinajstić information content (AvgIpc) is 2.88. The summed E-state index contributed by atoms with van der Waals surface area (Å²) in [5.74, 6) is 0. The van der Waals surface area contributed by atoms with Gasteiger partial charge in [0.25, 0.3) is 0 Å². The van der Waals surface area contributed by atoms with Gasteiger partial charge in [-0.05, 0) is 42.0 Å². The Morgan fingerprint density at radius 2 is 1.84 bits per heavy atom. The van der Waals surface area contributed by atoms with Crippen LogP contribution in [0.4, 0.5) is 0 Å². The van der Waals surface area contributed by atoms with Gasteiger partial charge in [-0.2, -0.15) is 0 Å². The Hall–Kier alpha value is -1.93. The van der Waals surface area contributed by atoms with Gasteiger partial charge in [0.05, 0.1) is 0 Å². The summed E-state index contributed by atoms with van der Waals surface area (Å²) in [6.07, 6.45) is 2.92. The third-order valence-electron chi connectivity index (χ3n) is 3.22. The molecule has 0 atom stereocenters. The molecule has 19 heavy (non-hydrogen) atoms. The molecule has 3 aromatic rings. The maximum Gasteiger partial charge on any atom is 0.150 e. The maximum absolute atomic E-state index is 10.8. The number of hydrogen-bond acceptors (Lipinski definition) is 2. The molecule has 0 fully saturated rings. The first-order valence-corrected chi connectivity index (χ1v) is 7.18. The van der Waals surface area contributed by atoms with Crippen molar-refractivity contribution in [1.82, 2.24) is 0 Å². The van der Waals surface area contributed by atoms with E-state index in [2.05, 4.69) is 36.4 Å². The molecular formula is C17H14OS. The van der Waals surface area contributed by atoms with E-state index in [0.29, 0.717) is 0 Å². The fourth-order valence-corrected chi connectivity index (χ4v) is 3.31. The van der Waals surface area contributed by atoms with Gasteiger partial charge in [-0.1, -0.05) is 36.4 Å². The van der Waals surface area contributed by atoms with Crippen LogP contribution in [-0.4, -0.2) is 6.29 Å². The van der Waals surface area contributed by atoms with Crippen molar-refractivity contribution in [3.63, 3.8) is 0 Å². The summed E-state index contributed by atoms with van der Waals surface area (Å²) in [6.45, 7) is 0. The van der Waals surface area contributed by atoms with E-state index in [-0.39, 0.29) is 0 Å². The molecule has 0 amide bonds. The zero-order valence-corrected chi connectivity index (χ0v) is 11.3. The Kier molecular flexibility index (Phi) is 3.43. The summed E-state index contributed by atoms with van der Waals surface area (Å²) < 4.78 is 1.35. The number of carbonyl (C=O) groups is 1. The molecule has 0 spiro atoms. The second kappa shape index (κ2) is 5.37. The fraction of sp³-hybridized carbons (Fsp3) is 0.118. The first-order chi connectivity index (χ1) is 9.35. The van der Waals surface area contributed by atoms with E-state index in [1.165, 1.54) is 20.5 Å². The van der Waals surface area contributed by atoms with Gasteiger partial charge >= 0.3 is 0 Å². The van der Waals surface area contributed by atoms with Gasteiger partial charge in [0.1, 0.15) is 6.29 Å². The van der Waals surface area contributed by atoms with Crippen LogP contribution in [0.15, 0.2) is 54.6 Å². The largest absolute Gasteiger partial charge is 0.298 e. The van der Waals surface area contributed by atoms with Crippen molar-refractivity contribution < 1.29 is 4.79 Å². The lowest BCUT2D eigenvalue weighted by Gasteiger charge is -2.00. The normalized spacial score (nSPS) is 10.7. The number of hydrogen-bond donors (Lipinski definition) is 0. The number of fused-ring (bicyclic) bond motifs is 1. The number of carbonyl (C=O) groups excluding carboxylic acids is 1. The van der Waals surface area contributed by atoms with E-state index < -0.39 is 0 Å². The third-order valence-corrected chi connectivity index (χ3v) is 4.40. The highest BCUT2D eigenvalue weighted by atomic mass is 32.1. The van der Waals surface area contributed by atoms with Crippen LogP contribution in [0.1, 0.15) is 20.8 Å². The van der Waals surface area contributed by atoms with Gasteiger partial charge in [0.15, 0.2) is 0 Å². The van der Waals surface area contributed by atoms with Crippen LogP contribution >= 0.6 is 11.3 Å². The zero-order chi connectivity index (χ0) is 13.1. The quantitative estimate of drug-likeness (QED) is 0.635. The van der Waals surface area contributed by atoms with Crippen molar-refractivity contribution in [3.05, 3.63) is 70.6 Å². The Bertz CT molecular complexity index is 679. The summed E-state index contributed by atoms with van der Waals surface area (Å²) in [4.78, 5) is 12.2. The second-order valence-corrected chi connectivity index (χ2v) is 5.78. The predicted molar refractivity (Wildman–Crippen MR) is 81.1 cm³/mol. The van der Waals surface area contributed by atoms with Gasteiger partial charge in [0.2, 0.25) is 0 Å². The molecular weight excluding hydrogens is 252 g/mol. The van der Waals surface area contributed by atoms with Gasteiger partial charge in [-0.3, -0.25) is 4.79 Å².